The zero-order valence-electron chi connectivity index (χ0n) is 24.4. The number of benzene rings is 1. The Morgan fingerprint density at radius 3 is 2.65 bits per heavy atom. The van der Waals surface area contributed by atoms with E-state index in [0.717, 1.165) is 31.9 Å². The number of carbonyl (C=O) groups is 1. The lowest BCUT2D eigenvalue weighted by Gasteiger charge is -2.11. The van der Waals surface area contributed by atoms with E-state index in [4.69, 9.17) is 0 Å². The predicted octanol–water partition coefficient (Wildman–Crippen LogP) is 5.08. The number of nitrogens with one attached hydrogen (secondary N) is 4. The Balaban J connectivity index is 1.25. The van der Waals surface area contributed by atoms with Crippen molar-refractivity contribution in [3.63, 3.8) is 0 Å². The van der Waals surface area contributed by atoms with Gasteiger partial charge in [0.2, 0.25) is 15.9 Å². The molecule has 0 spiro atoms. The molecule has 12 nitrogen and oxygen atoms in total. The Labute approximate surface area is 261 Å². The fraction of sp³-hybridized carbons (Fsp3) is 0.226. The van der Waals surface area contributed by atoms with E-state index < -0.39 is 21.7 Å². The van der Waals surface area contributed by atoms with Gasteiger partial charge < -0.3 is 10.3 Å². The summed E-state index contributed by atoms with van der Waals surface area (Å²) in [6.07, 6.45) is 10.7. The lowest BCUT2D eigenvalue weighted by atomic mass is 10.1. The number of H-pyrrole nitrogens is 2. The zero-order valence-corrected chi connectivity index (χ0v) is 25.3. The van der Waals surface area contributed by atoms with Gasteiger partial charge in [0.05, 0.1) is 34.7 Å². The number of rotatable bonds is 8. The summed E-state index contributed by atoms with van der Waals surface area (Å²) in [6.45, 7) is -0.107. The van der Waals surface area contributed by atoms with Crippen LogP contribution in [0.1, 0.15) is 31.2 Å². The van der Waals surface area contributed by atoms with Crippen molar-refractivity contribution >= 4 is 43.7 Å². The highest BCUT2D eigenvalue weighted by Gasteiger charge is 2.24. The van der Waals surface area contributed by atoms with Crippen LogP contribution in [0, 0.1) is 17.6 Å². The lowest BCUT2D eigenvalue weighted by Crippen LogP contribution is -2.21. The van der Waals surface area contributed by atoms with Gasteiger partial charge in [-0.25, -0.2) is 31.9 Å². The third-order valence-electron chi connectivity index (χ3n) is 7.96. The molecule has 6 aromatic rings. The molecular weight excluding hydrogens is 616 g/mol. The van der Waals surface area contributed by atoms with Gasteiger partial charge in [0.1, 0.15) is 22.8 Å². The molecule has 1 fully saturated rings. The molecule has 0 bridgehead atoms. The number of carbonyl (C=O) groups excluding carboxylic acids is 1. The van der Waals surface area contributed by atoms with Gasteiger partial charge in [0.15, 0.2) is 11.5 Å². The van der Waals surface area contributed by atoms with E-state index in [9.17, 15) is 17.6 Å². The van der Waals surface area contributed by atoms with Crippen molar-refractivity contribution in [1.29, 1.82) is 0 Å². The maximum Gasteiger partial charge on any atom is 0.227 e. The number of aromatic amines is 2. The Morgan fingerprint density at radius 2 is 1.85 bits per heavy atom. The van der Waals surface area contributed by atoms with Gasteiger partial charge in [-0.2, -0.15) is 5.10 Å². The number of aromatic nitrogens is 7. The molecule has 234 valence electrons. The molecule has 1 aromatic carbocycles. The molecule has 15 heteroatoms. The number of imidazole rings is 1. The molecule has 0 saturated heterocycles. The number of fused-ring (bicyclic) bond motifs is 2. The van der Waals surface area contributed by atoms with Crippen molar-refractivity contribution in [3.05, 3.63) is 72.3 Å². The summed E-state index contributed by atoms with van der Waals surface area (Å²) in [6, 6.07) is 7.46. The zero-order chi connectivity index (χ0) is 32.0. The van der Waals surface area contributed by atoms with E-state index >= 15 is 4.39 Å². The lowest BCUT2D eigenvalue weighted by molar-refractivity contribution is -0.119. The summed E-state index contributed by atoms with van der Waals surface area (Å²) in [5, 5.41) is 10.0. The molecule has 0 radical (unpaired) electrons. The first-order valence-electron chi connectivity index (χ1n) is 14.5. The summed E-state index contributed by atoms with van der Waals surface area (Å²) in [4.78, 5) is 33.5. The van der Waals surface area contributed by atoms with Gasteiger partial charge in [-0.15, -0.1) is 0 Å². The van der Waals surface area contributed by atoms with E-state index in [1.807, 2.05) is 0 Å². The monoisotopic (exact) mass is 643 g/mol. The van der Waals surface area contributed by atoms with Crippen molar-refractivity contribution in [1.82, 2.24) is 39.8 Å². The first-order valence-corrected chi connectivity index (χ1v) is 16.4. The molecule has 0 atom stereocenters. The standard InChI is InChI=1S/C31H27F2N9O3S/c1-46(44,45)37-12-16-8-18(10-20(32)9-16)26-27-23(6-7-35-26)39-30(40-27)28-24-25(33)22(15-36-29(24)42-41-28)19-11-21(14-34-13-19)38-31(43)17-4-2-3-5-17/h6-11,13-15,17,37H,2-5,12H2,1H3,(H,38,43)(H,39,40)(H,36,41,42). The molecule has 1 aliphatic carbocycles. The van der Waals surface area contributed by atoms with Gasteiger partial charge in [-0.05, 0) is 48.7 Å². The summed E-state index contributed by atoms with van der Waals surface area (Å²) < 4.78 is 56.3. The van der Waals surface area contributed by atoms with Crippen LogP contribution in [0.25, 0.3) is 56.0 Å². The Morgan fingerprint density at radius 1 is 1.02 bits per heavy atom. The molecule has 0 unspecified atom stereocenters. The number of sulfonamides is 1. The maximum absolute atomic E-state index is 16.3. The van der Waals surface area contributed by atoms with Crippen molar-refractivity contribution in [3.8, 4) is 33.9 Å². The predicted molar refractivity (Wildman–Crippen MR) is 168 cm³/mol. The van der Waals surface area contributed by atoms with E-state index in [2.05, 4.69) is 45.2 Å². The number of hydrogen-bond acceptors (Lipinski definition) is 8. The highest BCUT2D eigenvalue weighted by atomic mass is 32.2. The van der Waals surface area contributed by atoms with E-state index in [0.29, 0.717) is 39.1 Å². The first kappa shape index (κ1) is 29.6. The van der Waals surface area contributed by atoms with Crippen LogP contribution in [0.4, 0.5) is 14.5 Å². The summed E-state index contributed by atoms with van der Waals surface area (Å²) >= 11 is 0. The molecule has 1 amide bonds. The second-order valence-electron chi connectivity index (χ2n) is 11.3. The third-order valence-corrected chi connectivity index (χ3v) is 8.63. The van der Waals surface area contributed by atoms with Crippen LogP contribution in [0.2, 0.25) is 0 Å². The highest BCUT2D eigenvalue weighted by molar-refractivity contribution is 7.88. The molecule has 4 N–H and O–H groups in total. The first-order chi connectivity index (χ1) is 22.1. The van der Waals surface area contributed by atoms with Crippen LogP contribution in [-0.4, -0.2) is 55.7 Å². The van der Waals surface area contributed by atoms with Gasteiger partial charge in [0, 0.05) is 47.7 Å². The fourth-order valence-electron chi connectivity index (χ4n) is 5.78. The Bertz CT molecular complexity index is 2250. The molecule has 7 rings (SSSR count). The van der Waals surface area contributed by atoms with E-state index in [-0.39, 0.29) is 46.5 Å². The quantitative estimate of drug-likeness (QED) is 0.178. The highest BCUT2D eigenvalue weighted by Crippen LogP contribution is 2.35. The summed E-state index contributed by atoms with van der Waals surface area (Å²) in [5.74, 6) is -1.07. The van der Waals surface area contributed by atoms with Crippen LogP contribution in [-0.2, 0) is 21.4 Å². The number of pyridine rings is 3. The minimum atomic E-state index is -3.49. The van der Waals surface area contributed by atoms with Gasteiger partial charge in [-0.3, -0.25) is 19.9 Å². The molecular formula is C31H27F2N9O3S. The smallest absolute Gasteiger partial charge is 0.227 e. The largest absolute Gasteiger partial charge is 0.336 e. The van der Waals surface area contributed by atoms with Crippen LogP contribution < -0.4 is 10.0 Å². The number of amides is 1. The van der Waals surface area contributed by atoms with Crippen molar-refractivity contribution in [2.75, 3.05) is 11.6 Å². The summed E-state index contributed by atoms with van der Waals surface area (Å²) in [5.41, 5.74) is 3.43. The number of anilines is 1. The van der Waals surface area contributed by atoms with Crippen molar-refractivity contribution in [2.45, 2.75) is 32.2 Å². The van der Waals surface area contributed by atoms with E-state index in [1.165, 1.54) is 36.9 Å². The topological polar surface area (TPSA) is 171 Å². The normalized spacial score (nSPS) is 14.0. The molecule has 1 aliphatic rings. The van der Waals surface area contributed by atoms with Crippen LogP contribution >= 0.6 is 0 Å². The van der Waals surface area contributed by atoms with Gasteiger partial charge in [-0.1, -0.05) is 12.8 Å². The maximum atomic E-state index is 16.3. The summed E-state index contributed by atoms with van der Waals surface area (Å²) in [7, 11) is -3.49. The second kappa shape index (κ2) is 11.7. The average Bonchev–Trinajstić information content (AvgIpc) is 3.80. The molecule has 0 aliphatic heterocycles. The minimum Gasteiger partial charge on any atom is -0.336 e. The number of halogens is 2. The van der Waals surface area contributed by atoms with E-state index in [1.54, 1.807) is 18.2 Å². The van der Waals surface area contributed by atoms with Gasteiger partial charge >= 0.3 is 0 Å². The number of hydrogen-bond donors (Lipinski definition) is 4. The second-order valence-corrected chi connectivity index (χ2v) is 13.1. The van der Waals surface area contributed by atoms with Crippen molar-refractivity contribution in [2.24, 2.45) is 5.92 Å². The SMILES string of the molecule is CS(=O)(=O)NCc1cc(F)cc(-c2nccc3[nH]c(-c4n[nH]c5ncc(-c6cncc(NC(=O)C7CCCC7)c6)c(F)c45)nc23)c1. The van der Waals surface area contributed by atoms with Crippen LogP contribution in [0.15, 0.2) is 55.1 Å². The van der Waals surface area contributed by atoms with Gasteiger partial charge in [0.25, 0.3) is 0 Å². The van der Waals surface area contributed by atoms with Crippen molar-refractivity contribution < 1.29 is 22.0 Å². The Kier molecular flexibility index (Phi) is 7.49. The third kappa shape index (κ3) is 5.81. The molecule has 5 aromatic heterocycles. The Hall–Kier alpha value is -5.15. The number of nitrogens with zero attached hydrogens (tertiary/aromatic N) is 5. The van der Waals surface area contributed by atoms with Crippen LogP contribution in [0.5, 0.6) is 0 Å². The molecule has 5 heterocycles. The molecule has 46 heavy (non-hydrogen) atoms. The fourth-order valence-corrected chi connectivity index (χ4v) is 6.21. The minimum absolute atomic E-state index is 0.0359. The van der Waals surface area contributed by atoms with Crippen LogP contribution in [0.3, 0.4) is 0 Å². The average molecular weight is 644 g/mol. The molecule has 1 saturated carbocycles.